The van der Waals surface area contributed by atoms with E-state index in [9.17, 15) is 4.79 Å². The van der Waals surface area contributed by atoms with Crippen LogP contribution in [0.25, 0.3) is 6.08 Å². The Morgan fingerprint density at radius 2 is 2.15 bits per heavy atom. The summed E-state index contributed by atoms with van der Waals surface area (Å²) in [7, 11) is 0. The van der Waals surface area contributed by atoms with Gasteiger partial charge in [0, 0.05) is 6.08 Å². The van der Waals surface area contributed by atoms with Crippen LogP contribution in [0.5, 0.6) is 11.5 Å². The standard InChI is InChI=1S/C15H19BrO4/c1-4-10(3)20-15-12(16)8-11(6-7-14(17)18)9-13(15)19-5-2/h6-10H,4-5H2,1-3H3,(H,17,18)/b7-6+. The summed E-state index contributed by atoms with van der Waals surface area (Å²) >= 11 is 3.45. The van der Waals surface area contributed by atoms with Gasteiger partial charge in [-0.25, -0.2) is 4.79 Å². The second kappa shape index (κ2) is 7.94. The van der Waals surface area contributed by atoms with Crippen molar-refractivity contribution in [1.82, 2.24) is 0 Å². The average Bonchev–Trinajstić information content (AvgIpc) is 2.40. The van der Waals surface area contributed by atoms with E-state index in [-0.39, 0.29) is 6.10 Å². The van der Waals surface area contributed by atoms with Crippen LogP contribution in [0, 0.1) is 0 Å². The lowest BCUT2D eigenvalue weighted by Gasteiger charge is -2.18. The van der Waals surface area contributed by atoms with Gasteiger partial charge in [-0.3, -0.25) is 0 Å². The Balaban J connectivity index is 3.14. The van der Waals surface area contributed by atoms with Crippen molar-refractivity contribution in [2.24, 2.45) is 0 Å². The van der Waals surface area contributed by atoms with E-state index in [4.69, 9.17) is 14.6 Å². The van der Waals surface area contributed by atoms with Crippen molar-refractivity contribution in [3.8, 4) is 11.5 Å². The molecule has 1 aromatic carbocycles. The number of carboxylic acid groups (broad SMARTS) is 1. The predicted octanol–water partition coefficient (Wildman–Crippen LogP) is 4.12. The van der Waals surface area contributed by atoms with Crippen LogP contribution in [-0.2, 0) is 4.79 Å². The fraction of sp³-hybridized carbons (Fsp3) is 0.400. The normalized spacial score (nSPS) is 12.4. The van der Waals surface area contributed by atoms with Gasteiger partial charge in [-0.15, -0.1) is 0 Å². The second-order valence-corrected chi connectivity index (χ2v) is 5.13. The molecular weight excluding hydrogens is 324 g/mol. The van der Waals surface area contributed by atoms with Crippen LogP contribution in [0.3, 0.4) is 0 Å². The maximum absolute atomic E-state index is 10.6. The third kappa shape index (κ3) is 4.89. The van der Waals surface area contributed by atoms with Gasteiger partial charge >= 0.3 is 5.97 Å². The molecule has 1 rings (SSSR count). The van der Waals surface area contributed by atoms with Gasteiger partial charge in [0.25, 0.3) is 0 Å². The Labute approximate surface area is 127 Å². The monoisotopic (exact) mass is 342 g/mol. The van der Waals surface area contributed by atoms with Crippen molar-refractivity contribution >= 4 is 28.0 Å². The largest absolute Gasteiger partial charge is 0.490 e. The lowest BCUT2D eigenvalue weighted by Crippen LogP contribution is -2.11. The zero-order valence-corrected chi connectivity index (χ0v) is 13.4. The molecule has 0 fully saturated rings. The molecule has 4 nitrogen and oxygen atoms in total. The first kappa shape index (κ1) is 16.6. The molecule has 1 aromatic rings. The van der Waals surface area contributed by atoms with Crippen molar-refractivity contribution in [2.75, 3.05) is 6.61 Å². The summed E-state index contributed by atoms with van der Waals surface area (Å²) < 4.78 is 12.2. The molecule has 0 radical (unpaired) electrons. The highest BCUT2D eigenvalue weighted by atomic mass is 79.9. The first-order valence-corrected chi connectivity index (χ1v) is 7.31. The summed E-state index contributed by atoms with van der Waals surface area (Å²) in [5, 5.41) is 8.67. The van der Waals surface area contributed by atoms with Crippen LogP contribution < -0.4 is 9.47 Å². The van der Waals surface area contributed by atoms with Crippen molar-refractivity contribution in [3.63, 3.8) is 0 Å². The molecule has 1 atom stereocenters. The number of hydrogen-bond donors (Lipinski definition) is 1. The number of ether oxygens (including phenoxy) is 2. The van der Waals surface area contributed by atoms with Crippen molar-refractivity contribution < 1.29 is 19.4 Å². The number of hydrogen-bond acceptors (Lipinski definition) is 3. The second-order valence-electron chi connectivity index (χ2n) is 4.27. The molecule has 1 unspecified atom stereocenters. The molecule has 1 N–H and O–H groups in total. The quantitative estimate of drug-likeness (QED) is 0.757. The molecule has 0 aliphatic carbocycles. The predicted molar refractivity (Wildman–Crippen MR) is 82.4 cm³/mol. The lowest BCUT2D eigenvalue weighted by atomic mass is 10.2. The van der Waals surface area contributed by atoms with Crippen LogP contribution >= 0.6 is 15.9 Å². The highest BCUT2D eigenvalue weighted by molar-refractivity contribution is 9.10. The van der Waals surface area contributed by atoms with E-state index in [1.54, 1.807) is 12.1 Å². The highest BCUT2D eigenvalue weighted by Gasteiger charge is 2.14. The molecular formula is C15H19BrO4. The van der Waals surface area contributed by atoms with Gasteiger partial charge in [0.1, 0.15) is 0 Å². The smallest absolute Gasteiger partial charge is 0.328 e. The fourth-order valence-electron chi connectivity index (χ4n) is 1.51. The maximum atomic E-state index is 10.6. The first-order valence-electron chi connectivity index (χ1n) is 6.51. The summed E-state index contributed by atoms with van der Waals surface area (Å²) in [6.07, 6.45) is 3.57. The van der Waals surface area contributed by atoms with E-state index in [1.165, 1.54) is 6.08 Å². The first-order chi connectivity index (χ1) is 9.47. The molecule has 0 aliphatic heterocycles. The zero-order chi connectivity index (χ0) is 15.1. The third-order valence-electron chi connectivity index (χ3n) is 2.64. The Bertz CT molecular complexity index is 497. The van der Waals surface area contributed by atoms with Gasteiger partial charge in [-0.05, 0) is 60.0 Å². The lowest BCUT2D eigenvalue weighted by molar-refractivity contribution is -0.131. The summed E-state index contributed by atoms with van der Waals surface area (Å²) in [5.41, 5.74) is 0.735. The number of rotatable bonds is 7. The van der Waals surface area contributed by atoms with E-state index in [2.05, 4.69) is 15.9 Å². The SMILES string of the molecule is CCOc1cc(/C=C/C(=O)O)cc(Br)c1OC(C)CC. The number of carbonyl (C=O) groups is 1. The molecule has 0 aliphatic rings. The minimum absolute atomic E-state index is 0.0749. The highest BCUT2D eigenvalue weighted by Crippen LogP contribution is 2.38. The topological polar surface area (TPSA) is 55.8 Å². The van der Waals surface area contributed by atoms with Crippen LogP contribution in [0.15, 0.2) is 22.7 Å². The summed E-state index contributed by atoms with van der Waals surface area (Å²) in [6, 6.07) is 3.57. The van der Waals surface area contributed by atoms with Crippen LogP contribution in [-0.4, -0.2) is 23.8 Å². The number of aliphatic carboxylic acids is 1. The van der Waals surface area contributed by atoms with Gasteiger partial charge in [0.15, 0.2) is 11.5 Å². The van der Waals surface area contributed by atoms with E-state index < -0.39 is 5.97 Å². The minimum Gasteiger partial charge on any atom is -0.490 e. The number of carboxylic acids is 1. The van der Waals surface area contributed by atoms with Gasteiger partial charge in [-0.2, -0.15) is 0 Å². The molecule has 20 heavy (non-hydrogen) atoms. The molecule has 5 heteroatoms. The van der Waals surface area contributed by atoms with E-state index in [0.29, 0.717) is 18.1 Å². The summed E-state index contributed by atoms with van der Waals surface area (Å²) in [5.74, 6) is 0.264. The van der Waals surface area contributed by atoms with Gasteiger partial charge in [-0.1, -0.05) is 6.92 Å². The van der Waals surface area contributed by atoms with Crippen LogP contribution in [0.1, 0.15) is 32.8 Å². The summed E-state index contributed by atoms with van der Waals surface area (Å²) in [6.45, 7) is 6.43. The van der Waals surface area contributed by atoms with Crippen molar-refractivity contribution in [2.45, 2.75) is 33.3 Å². The molecule has 0 bridgehead atoms. The van der Waals surface area contributed by atoms with E-state index in [1.807, 2.05) is 20.8 Å². The maximum Gasteiger partial charge on any atom is 0.328 e. The molecule has 0 heterocycles. The zero-order valence-electron chi connectivity index (χ0n) is 11.9. The van der Waals surface area contributed by atoms with Gasteiger partial charge < -0.3 is 14.6 Å². The summed E-state index contributed by atoms with van der Waals surface area (Å²) in [4.78, 5) is 10.6. The molecule has 0 saturated carbocycles. The molecule has 0 aromatic heterocycles. The van der Waals surface area contributed by atoms with Crippen LogP contribution in [0.4, 0.5) is 0 Å². The van der Waals surface area contributed by atoms with Crippen molar-refractivity contribution in [3.05, 3.63) is 28.2 Å². The average molecular weight is 343 g/mol. The Morgan fingerprint density at radius 3 is 2.70 bits per heavy atom. The Hall–Kier alpha value is -1.49. The van der Waals surface area contributed by atoms with Crippen LogP contribution in [0.2, 0.25) is 0 Å². The number of benzene rings is 1. The van der Waals surface area contributed by atoms with E-state index in [0.717, 1.165) is 22.5 Å². The van der Waals surface area contributed by atoms with Gasteiger partial charge in [0.05, 0.1) is 17.2 Å². The molecule has 0 amide bonds. The minimum atomic E-state index is -0.987. The third-order valence-corrected chi connectivity index (χ3v) is 3.23. The Kier molecular flexibility index (Phi) is 6.58. The number of halogens is 1. The molecule has 0 saturated heterocycles. The Morgan fingerprint density at radius 1 is 1.45 bits per heavy atom. The fourth-order valence-corrected chi connectivity index (χ4v) is 2.07. The van der Waals surface area contributed by atoms with E-state index >= 15 is 0 Å². The molecule has 0 spiro atoms. The molecule has 110 valence electrons. The van der Waals surface area contributed by atoms with Crippen molar-refractivity contribution in [1.29, 1.82) is 0 Å². The van der Waals surface area contributed by atoms with Gasteiger partial charge in [0.2, 0.25) is 0 Å².